The Morgan fingerprint density at radius 1 is 1.30 bits per heavy atom. The number of rotatable bonds is 4. The van der Waals surface area contributed by atoms with E-state index in [1.807, 2.05) is 0 Å². The van der Waals surface area contributed by atoms with Gasteiger partial charge < -0.3 is 10.6 Å². The van der Waals surface area contributed by atoms with E-state index in [0.29, 0.717) is 5.82 Å². The van der Waals surface area contributed by atoms with E-state index >= 15 is 0 Å². The van der Waals surface area contributed by atoms with Gasteiger partial charge >= 0.3 is 12.2 Å². The van der Waals surface area contributed by atoms with Gasteiger partial charge in [0.05, 0.1) is 5.56 Å². The first-order valence-electron chi connectivity index (χ1n) is 6.52. The van der Waals surface area contributed by atoms with Crippen LogP contribution in [0.3, 0.4) is 0 Å². The van der Waals surface area contributed by atoms with E-state index in [4.69, 9.17) is 0 Å². The fraction of sp³-hybridized carbons (Fsp3) is 0.308. The Balaban J connectivity index is 2.36. The number of benzene rings is 1. The SMILES string of the molecule is Cc1nc(-c2cc(NC(=O)NCCF)cc(C(F)(F)F)c2)n[nH]1. The molecule has 0 saturated carbocycles. The summed E-state index contributed by atoms with van der Waals surface area (Å²) in [4.78, 5) is 15.4. The summed E-state index contributed by atoms with van der Waals surface area (Å²) in [5, 5.41) is 10.7. The summed E-state index contributed by atoms with van der Waals surface area (Å²) in [5.41, 5.74) is -0.975. The average Bonchev–Trinajstić information content (AvgIpc) is 2.90. The predicted octanol–water partition coefficient (Wildman–Crippen LogP) is 2.89. The van der Waals surface area contributed by atoms with E-state index in [1.54, 1.807) is 6.92 Å². The summed E-state index contributed by atoms with van der Waals surface area (Å²) in [6.07, 6.45) is -4.60. The number of anilines is 1. The highest BCUT2D eigenvalue weighted by Crippen LogP contribution is 2.34. The van der Waals surface area contributed by atoms with Gasteiger partial charge in [-0.05, 0) is 25.1 Å². The minimum absolute atomic E-state index is 0.0702. The Morgan fingerprint density at radius 3 is 2.61 bits per heavy atom. The van der Waals surface area contributed by atoms with Crippen molar-refractivity contribution in [2.24, 2.45) is 0 Å². The lowest BCUT2D eigenvalue weighted by atomic mass is 10.1. The van der Waals surface area contributed by atoms with Gasteiger partial charge in [0.25, 0.3) is 0 Å². The van der Waals surface area contributed by atoms with E-state index in [-0.39, 0.29) is 23.6 Å². The topological polar surface area (TPSA) is 82.7 Å². The van der Waals surface area contributed by atoms with Crippen LogP contribution in [0, 0.1) is 6.92 Å². The maximum atomic E-state index is 13.0. The van der Waals surface area contributed by atoms with Crippen molar-refractivity contribution in [1.82, 2.24) is 20.5 Å². The normalized spacial score (nSPS) is 11.3. The Bertz CT molecular complexity index is 698. The van der Waals surface area contributed by atoms with Crippen molar-refractivity contribution in [3.63, 3.8) is 0 Å². The molecule has 6 nitrogen and oxygen atoms in total. The Hall–Kier alpha value is -2.65. The summed E-state index contributed by atoms with van der Waals surface area (Å²) in [6.45, 7) is 0.586. The van der Waals surface area contributed by atoms with Crippen molar-refractivity contribution < 1.29 is 22.4 Å². The zero-order valence-electron chi connectivity index (χ0n) is 12.0. The van der Waals surface area contributed by atoms with Crippen LogP contribution in [0.15, 0.2) is 18.2 Å². The highest BCUT2D eigenvalue weighted by Gasteiger charge is 2.31. The van der Waals surface area contributed by atoms with Crippen molar-refractivity contribution in [3.05, 3.63) is 29.6 Å². The van der Waals surface area contributed by atoms with Crippen molar-refractivity contribution >= 4 is 11.7 Å². The molecule has 0 aliphatic heterocycles. The third-order valence-corrected chi connectivity index (χ3v) is 2.75. The summed E-state index contributed by atoms with van der Waals surface area (Å²) in [5.74, 6) is 0.508. The molecule has 2 amide bonds. The second-order valence-corrected chi connectivity index (χ2v) is 4.61. The van der Waals surface area contributed by atoms with Gasteiger partial charge in [-0.2, -0.15) is 18.3 Å². The molecule has 0 fully saturated rings. The molecule has 0 saturated heterocycles. The second kappa shape index (κ2) is 6.63. The molecule has 10 heteroatoms. The lowest BCUT2D eigenvalue weighted by molar-refractivity contribution is -0.137. The standard InChI is InChI=1S/C13H13F4N5O/c1-7-19-11(22-21-7)8-4-9(13(15,16)17)6-10(5-8)20-12(23)18-3-2-14/h4-6H,2-3H2,1H3,(H2,18,20,23)(H,19,21,22). The minimum Gasteiger partial charge on any atom is -0.335 e. The molecule has 2 rings (SSSR count). The highest BCUT2D eigenvalue weighted by molar-refractivity contribution is 5.90. The first-order valence-corrected chi connectivity index (χ1v) is 6.52. The number of alkyl halides is 4. The van der Waals surface area contributed by atoms with Crippen LogP contribution in [0.25, 0.3) is 11.4 Å². The Kier molecular flexibility index (Phi) is 4.82. The Labute approximate surface area is 128 Å². The van der Waals surface area contributed by atoms with Gasteiger partial charge in [0, 0.05) is 17.8 Å². The zero-order chi connectivity index (χ0) is 17.0. The molecule has 0 aliphatic carbocycles. The van der Waals surface area contributed by atoms with Gasteiger partial charge in [-0.1, -0.05) is 0 Å². The van der Waals surface area contributed by atoms with Crippen molar-refractivity contribution in [2.45, 2.75) is 13.1 Å². The minimum atomic E-state index is -4.60. The number of aryl methyl sites for hydroxylation is 1. The molecule has 1 aromatic heterocycles. The molecule has 0 atom stereocenters. The number of hydrogen-bond acceptors (Lipinski definition) is 3. The van der Waals surface area contributed by atoms with Crippen molar-refractivity contribution in [2.75, 3.05) is 18.5 Å². The molecule has 0 spiro atoms. The van der Waals surface area contributed by atoms with Gasteiger partial charge in [-0.25, -0.2) is 14.2 Å². The van der Waals surface area contributed by atoms with E-state index < -0.39 is 24.4 Å². The van der Waals surface area contributed by atoms with Crippen LogP contribution in [-0.2, 0) is 6.18 Å². The number of nitrogens with one attached hydrogen (secondary N) is 3. The second-order valence-electron chi connectivity index (χ2n) is 4.61. The maximum Gasteiger partial charge on any atom is 0.416 e. The number of carbonyl (C=O) groups excluding carboxylic acids is 1. The van der Waals surface area contributed by atoms with Crippen LogP contribution in [0.4, 0.5) is 28.0 Å². The van der Waals surface area contributed by atoms with Crippen molar-refractivity contribution in [1.29, 1.82) is 0 Å². The molecule has 1 heterocycles. The first-order chi connectivity index (χ1) is 10.8. The average molecular weight is 331 g/mol. The van der Waals surface area contributed by atoms with Gasteiger partial charge in [0.1, 0.15) is 12.5 Å². The number of hydrogen-bond donors (Lipinski definition) is 3. The monoisotopic (exact) mass is 331 g/mol. The molecule has 0 bridgehead atoms. The van der Waals surface area contributed by atoms with Crippen LogP contribution in [-0.4, -0.2) is 34.4 Å². The first kappa shape index (κ1) is 16.7. The highest BCUT2D eigenvalue weighted by atomic mass is 19.4. The number of halogens is 4. The lowest BCUT2D eigenvalue weighted by Gasteiger charge is -2.12. The third kappa shape index (κ3) is 4.41. The summed E-state index contributed by atoms with van der Waals surface area (Å²) in [6, 6.07) is 2.15. The number of aromatic nitrogens is 3. The fourth-order valence-electron chi connectivity index (χ4n) is 1.80. The van der Waals surface area contributed by atoms with Crippen LogP contribution in [0.2, 0.25) is 0 Å². The number of urea groups is 1. The molecule has 23 heavy (non-hydrogen) atoms. The number of aromatic amines is 1. The summed E-state index contributed by atoms with van der Waals surface area (Å²) >= 11 is 0. The fourth-order valence-corrected chi connectivity index (χ4v) is 1.80. The van der Waals surface area contributed by atoms with E-state index in [1.165, 1.54) is 6.07 Å². The molecular weight excluding hydrogens is 318 g/mol. The molecule has 1 aromatic carbocycles. The van der Waals surface area contributed by atoms with Gasteiger partial charge in [-0.15, -0.1) is 0 Å². The van der Waals surface area contributed by atoms with E-state index in [2.05, 4.69) is 25.8 Å². The van der Waals surface area contributed by atoms with Crippen molar-refractivity contribution in [3.8, 4) is 11.4 Å². The number of carbonyl (C=O) groups is 1. The van der Waals surface area contributed by atoms with Gasteiger partial charge in [-0.3, -0.25) is 5.10 Å². The predicted molar refractivity (Wildman–Crippen MR) is 74.6 cm³/mol. The largest absolute Gasteiger partial charge is 0.416 e. The number of H-pyrrole nitrogens is 1. The zero-order valence-corrected chi connectivity index (χ0v) is 12.0. The maximum absolute atomic E-state index is 13.0. The Morgan fingerprint density at radius 2 is 2.04 bits per heavy atom. The smallest absolute Gasteiger partial charge is 0.335 e. The van der Waals surface area contributed by atoms with Crippen LogP contribution >= 0.6 is 0 Å². The van der Waals surface area contributed by atoms with Gasteiger partial charge in [0.2, 0.25) is 0 Å². The lowest BCUT2D eigenvalue weighted by Crippen LogP contribution is -2.30. The van der Waals surface area contributed by atoms with Crippen LogP contribution < -0.4 is 10.6 Å². The summed E-state index contributed by atoms with van der Waals surface area (Å²) < 4.78 is 50.9. The van der Waals surface area contributed by atoms with Gasteiger partial charge in [0.15, 0.2) is 5.82 Å². The number of amides is 2. The van der Waals surface area contributed by atoms with E-state index in [0.717, 1.165) is 12.1 Å². The molecular formula is C13H13F4N5O. The molecule has 2 aromatic rings. The van der Waals surface area contributed by atoms with Crippen LogP contribution in [0.5, 0.6) is 0 Å². The summed E-state index contributed by atoms with van der Waals surface area (Å²) in [7, 11) is 0. The number of nitrogens with zero attached hydrogens (tertiary/aromatic N) is 2. The molecule has 0 aliphatic rings. The molecule has 3 N–H and O–H groups in total. The van der Waals surface area contributed by atoms with Crippen LogP contribution in [0.1, 0.15) is 11.4 Å². The quantitative estimate of drug-likeness (QED) is 0.753. The molecule has 0 radical (unpaired) electrons. The molecule has 124 valence electrons. The third-order valence-electron chi connectivity index (χ3n) is 2.75. The van der Waals surface area contributed by atoms with E-state index in [9.17, 15) is 22.4 Å². The molecule has 0 unspecified atom stereocenters.